The molecule has 2 heteroatoms. The van der Waals surface area contributed by atoms with Gasteiger partial charge in [-0.1, -0.05) is 24.3 Å². The van der Waals surface area contributed by atoms with Crippen molar-refractivity contribution < 1.29 is 0 Å². The maximum atomic E-state index is 11.5. The first-order valence-corrected chi connectivity index (χ1v) is 5.24. The summed E-state index contributed by atoms with van der Waals surface area (Å²) < 4.78 is 1.68. The van der Waals surface area contributed by atoms with E-state index >= 15 is 0 Å². The fraction of sp³-hybridized carbons (Fsp3) is 0.0714. The second-order valence-electron chi connectivity index (χ2n) is 3.99. The minimum atomic E-state index is 0.0304. The van der Waals surface area contributed by atoms with E-state index in [1.165, 1.54) is 5.39 Å². The van der Waals surface area contributed by atoms with E-state index in [1.807, 2.05) is 18.2 Å². The predicted octanol–water partition coefficient (Wildman–Crippen LogP) is 2.69. The van der Waals surface area contributed by atoms with Gasteiger partial charge in [0, 0.05) is 13.1 Å². The topological polar surface area (TPSA) is 22.0 Å². The fourth-order valence-corrected chi connectivity index (χ4v) is 2.06. The van der Waals surface area contributed by atoms with Crippen LogP contribution in [0.2, 0.25) is 0 Å². The number of pyridine rings is 1. The third-order valence-electron chi connectivity index (χ3n) is 2.99. The lowest BCUT2D eigenvalue weighted by molar-refractivity contribution is 0.907. The van der Waals surface area contributed by atoms with Crippen molar-refractivity contribution >= 4 is 21.7 Å². The number of benzene rings is 2. The highest BCUT2D eigenvalue weighted by atomic mass is 16.1. The van der Waals surface area contributed by atoms with Gasteiger partial charge < -0.3 is 4.57 Å². The second-order valence-corrected chi connectivity index (χ2v) is 3.99. The van der Waals surface area contributed by atoms with Gasteiger partial charge >= 0.3 is 0 Å². The third-order valence-corrected chi connectivity index (χ3v) is 2.99. The van der Waals surface area contributed by atoms with E-state index in [-0.39, 0.29) is 5.56 Å². The van der Waals surface area contributed by atoms with E-state index < -0.39 is 0 Å². The molecule has 2 aromatic carbocycles. The van der Waals surface area contributed by atoms with Gasteiger partial charge in [0.25, 0.3) is 5.56 Å². The summed E-state index contributed by atoms with van der Waals surface area (Å²) in [6.45, 7) is 0. The quantitative estimate of drug-likeness (QED) is 0.522. The Labute approximate surface area is 92.8 Å². The van der Waals surface area contributed by atoms with Crippen molar-refractivity contribution in [2.45, 2.75) is 0 Å². The smallest absolute Gasteiger partial charge is 0.250 e. The van der Waals surface area contributed by atoms with Crippen LogP contribution < -0.4 is 5.56 Å². The van der Waals surface area contributed by atoms with Gasteiger partial charge in [0.2, 0.25) is 0 Å². The van der Waals surface area contributed by atoms with Crippen LogP contribution in [0.5, 0.6) is 0 Å². The van der Waals surface area contributed by atoms with Crippen molar-refractivity contribution in [3.8, 4) is 0 Å². The van der Waals surface area contributed by atoms with Crippen molar-refractivity contribution in [1.29, 1.82) is 0 Å². The maximum Gasteiger partial charge on any atom is 0.250 e. The summed E-state index contributed by atoms with van der Waals surface area (Å²) in [6, 6.07) is 15.8. The average Bonchev–Trinajstić information content (AvgIpc) is 2.32. The Morgan fingerprint density at radius 3 is 2.31 bits per heavy atom. The Kier molecular flexibility index (Phi) is 1.83. The van der Waals surface area contributed by atoms with Crippen molar-refractivity contribution in [1.82, 2.24) is 4.57 Å². The lowest BCUT2D eigenvalue weighted by Gasteiger charge is -2.06. The first kappa shape index (κ1) is 9.16. The third kappa shape index (κ3) is 1.23. The predicted molar refractivity (Wildman–Crippen MR) is 66.7 cm³/mol. The highest BCUT2D eigenvalue weighted by molar-refractivity contribution is 5.96. The number of aromatic nitrogens is 1. The van der Waals surface area contributed by atoms with E-state index in [1.54, 1.807) is 17.7 Å². The van der Waals surface area contributed by atoms with E-state index in [2.05, 4.69) is 24.3 Å². The minimum Gasteiger partial charge on any atom is -0.311 e. The van der Waals surface area contributed by atoms with Crippen LogP contribution in [-0.2, 0) is 7.05 Å². The molecule has 0 atom stereocenters. The molecule has 0 amide bonds. The lowest BCUT2D eigenvalue weighted by Crippen LogP contribution is -2.14. The summed E-state index contributed by atoms with van der Waals surface area (Å²) in [4.78, 5) is 11.5. The summed E-state index contributed by atoms with van der Waals surface area (Å²) in [7, 11) is 1.80. The van der Waals surface area contributed by atoms with E-state index in [0.29, 0.717) is 0 Å². The highest BCUT2D eigenvalue weighted by Gasteiger charge is 2.00. The zero-order valence-corrected chi connectivity index (χ0v) is 8.97. The minimum absolute atomic E-state index is 0.0304. The second kappa shape index (κ2) is 3.20. The Morgan fingerprint density at radius 1 is 0.875 bits per heavy atom. The Bertz CT molecular complexity index is 740. The molecule has 0 N–H and O–H groups in total. The zero-order chi connectivity index (χ0) is 11.1. The monoisotopic (exact) mass is 209 g/mol. The maximum absolute atomic E-state index is 11.5. The van der Waals surface area contributed by atoms with Crippen LogP contribution in [0.15, 0.2) is 53.3 Å². The first-order valence-electron chi connectivity index (χ1n) is 5.24. The van der Waals surface area contributed by atoms with E-state index in [0.717, 1.165) is 16.3 Å². The molecule has 3 aromatic rings. The van der Waals surface area contributed by atoms with Crippen LogP contribution >= 0.6 is 0 Å². The van der Waals surface area contributed by atoms with Crippen LogP contribution in [0.1, 0.15) is 0 Å². The molecule has 1 heterocycles. The largest absolute Gasteiger partial charge is 0.311 e. The highest BCUT2D eigenvalue weighted by Crippen LogP contribution is 2.20. The molecule has 0 aliphatic heterocycles. The van der Waals surface area contributed by atoms with Crippen LogP contribution in [0, 0.1) is 0 Å². The van der Waals surface area contributed by atoms with Gasteiger partial charge in [-0.15, -0.1) is 0 Å². The number of hydrogen-bond donors (Lipinski definition) is 0. The van der Waals surface area contributed by atoms with Gasteiger partial charge in [0.1, 0.15) is 0 Å². The molecule has 0 fully saturated rings. The molecule has 0 radical (unpaired) electrons. The molecule has 0 bridgehead atoms. The molecular weight excluding hydrogens is 198 g/mol. The van der Waals surface area contributed by atoms with Gasteiger partial charge in [-0.05, 0) is 34.4 Å². The van der Waals surface area contributed by atoms with Crippen molar-refractivity contribution in [3.63, 3.8) is 0 Å². The number of nitrogens with zero attached hydrogens (tertiary/aromatic N) is 1. The fourth-order valence-electron chi connectivity index (χ4n) is 2.06. The Morgan fingerprint density at radius 2 is 1.56 bits per heavy atom. The van der Waals surface area contributed by atoms with Crippen LogP contribution in [-0.4, -0.2) is 4.57 Å². The Hall–Kier alpha value is -2.09. The standard InChI is InChI=1S/C14H11NO/c1-15-13-9-11-5-3-2-4-10(11)8-12(13)6-7-14(15)16/h2-9H,1H3. The van der Waals surface area contributed by atoms with Gasteiger partial charge in [0.15, 0.2) is 0 Å². The average molecular weight is 209 g/mol. The summed E-state index contributed by atoms with van der Waals surface area (Å²) in [5.41, 5.74) is 1.01. The molecule has 0 aliphatic rings. The van der Waals surface area contributed by atoms with Gasteiger partial charge in [-0.25, -0.2) is 0 Å². The van der Waals surface area contributed by atoms with E-state index in [9.17, 15) is 4.79 Å². The van der Waals surface area contributed by atoms with Gasteiger partial charge in [-0.2, -0.15) is 0 Å². The summed E-state index contributed by atoms with van der Waals surface area (Å²) in [5.74, 6) is 0. The van der Waals surface area contributed by atoms with Crippen LogP contribution in [0.3, 0.4) is 0 Å². The number of fused-ring (bicyclic) bond motifs is 2. The molecule has 0 spiro atoms. The molecule has 0 saturated carbocycles. The molecule has 3 rings (SSSR count). The van der Waals surface area contributed by atoms with Gasteiger partial charge in [0.05, 0.1) is 5.52 Å². The normalized spacial score (nSPS) is 11.1. The number of aryl methyl sites for hydroxylation is 1. The summed E-state index contributed by atoms with van der Waals surface area (Å²) in [5, 5.41) is 3.46. The van der Waals surface area contributed by atoms with Gasteiger partial charge in [-0.3, -0.25) is 4.79 Å². The first-order chi connectivity index (χ1) is 7.75. The van der Waals surface area contributed by atoms with Crippen LogP contribution in [0.25, 0.3) is 21.7 Å². The number of rotatable bonds is 0. The van der Waals surface area contributed by atoms with Crippen molar-refractivity contribution in [3.05, 3.63) is 58.9 Å². The SMILES string of the molecule is Cn1c(=O)ccc2cc3ccccc3cc21. The van der Waals surface area contributed by atoms with Crippen molar-refractivity contribution in [2.24, 2.45) is 7.05 Å². The summed E-state index contributed by atoms with van der Waals surface area (Å²) in [6.07, 6.45) is 0. The molecule has 0 saturated heterocycles. The molecule has 16 heavy (non-hydrogen) atoms. The molecule has 0 aliphatic carbocycles. The molecule has 1 aromatic heterocycles. The molecule has 2 nitrogen and oxygen atoms in total. The molecule has 78 valence electrons. The zero-order valence-electron chi connectivity index (χ0n) is 8.97. The molecule has 0 unspecified atom stereocenters. The lowest BCUT2D eigenvalue weighted by atomic mass is 10.1. The van der Waals surface area contributed by atoms with Crippen molar-refractivity contribution in [2.75, 3.05) is 0 Å². The summed E-state index contributed by atoms with van der Waals surface area (Å²) >= 11 is 0. The molecular formula is C14H11NO. The van der Waals surface area contributed by atoms with E-state index in [4.69, 9.17) is 0 Å². The van der Waals surface area contributed by atoms with Crippen LogP contribution in [0.4, 0.5) is 0 Å². The number of hydrogen-bond acceptors (Lipinski definition) is 1. The Balaban J connectivity index is 2.56.